The summed E-state index contributed by atoms with van der Waals surface area (Å²) in [6.45, 7) is 0. The largest absolute Gasteiger partial charge is 0.418 e. The highest BCUT2D eigenvalue weighted by molar-refractivity contribution is 4.91. The molecule has 5 nitrogen and oxygen atoms in total. The van der Waals surface area contributed by atoms with Crippen molar-refractivity contribution in [3.05, 3.63) is 35.1 Å². The van der Waals surface area contributed by atoms with Gasteiger partial charge in [0.2, 0.25) is 0 Å². The average Bonchev–Trinajstić information content (AvgIpc) is 2.05. The van der Waals surface area contributed by atoms with Crippen molar-refractivity contribution in [3.63, 3.8) is 0 Å². The maximum Gasteiger partial charge on any atom is 0.271 e. The molecule has 0 saturated heterocycles. The molecule has 11 heavy (non-hydrogen) atoms. The van der Waals surface area contributed by atoms with Crippen LogP contribution in [0.5, 0.6) is 0 Å². The van der Waals surface area contributed by atoms with Gasteiger partial charge in [-0.3, -0.25) is 5.21 Å². The molecule has 1 heterocycles. The third-order valence-corrected chi connectivity index (χ3v) is 1.22. The average molecular weight is 156 g/mol. The fourth-order valence-corrected chi connectivity index (χ4v) is 0.654. The fraction of sp³-hybridized carbons (Fsp3) is 0.167. The zero-order valence-electron chi connectivity index (χ0n) is 5.97. The molecule has 0 amide bonds. The van der Waals surface area contributed by atoms with Gasteiger partial charge in [0.15, 0.2) is 0 Å². The van der Waals surface area contributed by atoms with Gasteiger partial charge in [-0.25, -0.2) is 0 Å². The standard InChI is InChI=1S/C6H8N2O3/c1-11-7-4-2-6(3-5-7)8(9)10/h2-5H,1H3,(H,9,10). The van der Waals surface area contributed by atoms with Crippen LogP contribution in [0.15, 0.2) is 24.5 Å². The Labute approximate surface area is 62.9 Å². The summed E-state index contributed by atoms with van der Waals surface area (Å²) < 4.78 is 1.40. The molecule has 5 heteroatoms. The van der Waals surface area contributed by atoms with Crippen LogP contribution < -0.4 is 15.1 Å². The number of hydrogen-bond donors (Lipinski definition) is 1. The van der Waals surface area contributed by atoms with E-state index in [0.29, 0.717) is 0 Å². The van der Waals surface area contributed by atoms with Crippen molar-refractivity contribution in [1.29, 1.82) is 0 Å². The predicted octanol–water partition coefficient (Wildman–Crippen LogP) is -0.794. The molecule has 0 bridgehead atoms. The van der Waals surface area contributed by atoms with Gasteiger partial charge in [-0.1, -0.05) is 0 Å². The van der Waals surface area contributed by atoms with E-state index >= 15 is 0 Å². The summed E-state index contributed by atoms with van der Waals surface area (Å²) in [6, 6.07) is 2.85. The number of hydrogen-bond acceptors (Lipinski definition) is 3. The monoisotopic (exact) mass is 156 g/mol. The third kappa shape index (κ3) is 1.64. The van der Waals surface area contributed by atoms with Crippen LogP contribution in [0.3, 0.4) is 0 Å². The molecule has 0 aliphatic rings. The highest BCUT2D eigenvalue weighted by atomic mass is 16.8. The molecule has 0 atom stereocenters. The minimum Gasteiger partial charge on any atom is -0.418 e. The molecule has 1 aromatic rings. The van der Waals surface area contributed by atoms with Gasteiger partial charge >= 0.3 is 0 Å². The van der Waals surface area contributed by atoms with Crippen LogP contribution in [-0.4, -0.2) is 17.0 Å². The first-order valence-corrected chi connectivity index (χ1v) is 2.96. The van der Waals surface area contributed by atoms with Crippen molar-refractivity contribution in [1.82, 2.24) is 9.63 Å². The van der Waals surface area contributed by atoms with E-state index in [2.05, 4.69) is 0 Å². The van der Waals surface area contributed by atoms with E-state index < -0.39 is 0 Å². The Bertz CT molecular complexity index is 280. The smallest absolute Gasteiger partial charge is 0.271 e. The SMILES string of the molecule is COn1ccc(=[N+]([O-])O)cc1. The predicted molar refractivity (Wildman–Crippen MR) is 37.4 cm³/mol. The van der Waals surface area contributed by atoms with Crippen molar-refractivity contribution >= 4 is 0 Å². The first-order chi connectivity index (χ1) is 5.24. The summed E-state index contributed by atoms with van der Waals surface area (Å²) in [5, 5.41) is 18.8. The summed E-state index contributed by atoms with van der Waals surface area (Å²) in [5.41, 5.74) is 0. The van der Waals surface area contributed by atoms with Gasteiger partial charge in [0, 0.05) is 17.0 Å². The van der Waals surface area contributed by atoms with Gasteiger partial charge in [0.05, 0.1) is 12.4 Å². The zero-order chi connectivity index (χ0) is 8.27. The lowest BCUT2D eigenvalue weighted by Gasteiger charge is -1.99. The van der Waals surface area contributed by atoms with Gasteiger partial charge in [-0.05, 0) is 0 Å². The van der Waals surface area contributed by atoms with Crippen LogP contribution in [0, 0.1) is 5.21 Å². The second-order valence-electron chi connectivity index (χ2n) is 1.87. The van der Waals surface area contributed by atoms with E-state index in [1.54, 1.807) is 0 Å². The summed E-state index contributed by atoms with van der Waals surface area (Å²) in [5.74, 6) is 0. The zero-order valence-corrected chi connectivity index (χ0v) is 5.97. The van der Waals surface area contributed by atoms with E-state index in [-0.39, 0.29) is 10.3 Å². The van der Waals surface area contributed by atoms with Gasteiger partial charge in [-0.2, -0.15) is 4.73 Å². The Morgan fingerprint density at radius 1 is 1.55 bits per heavy atom. The number of rotatable bonds is 1. The molecule has 60 valence electrons. The fourth-order valence-electron chi connectivity index (χ4n) is 0.654. The van der Waals surface area contributed by atoms with Crippen LogP contribution in [0.1, 0.15) is 0 Å². The number of nitrogens with zero attached hydrogens (tertiary/aromatic N) is 2. The van der Waals surface area contributed by atoms with Crippen molar-refractivity contribution in [2.24, 2.45) is 0 Å². The van der Waals surface area contributed by atoms with Crippen molar-refractivity contribution < 1.29 is 10.0 Å². The number of aromatic nitrogens is 1. The van der Waals surface area contributed by atoms with Crippen LogP contribution in [0.2, 0.25) is 0 Å². The summed E-state index contributed by atoms with van der Waals surface area (Å²) in [6.07, 6.45) is 3.02. The summed E-state index contributed by atoms with van der Waals surface area (Å²) in [7, 11) is 1.49. The second kappa shape index (κ2) is 2.96. The topological polar surface area (TPSA) is 60.5 Å². The highest BCUT2D eigenvalue weighted by Gasteiger charge is 1.91. The minimum atomic E-state index is -0.208. The normalized spacial score (nSPS) is 9.18. The Morgan fingerprint density at radius 2 is 2.09 bits per heavy atom. The first kappa shape index (κ1) is 7.46. The second-order valence-corrected chi connectivity index (χ2v) is 1.87. The Balaban J connectivity index is 3.11. The maximum absolute atomic E-state index is 10.3. The van der Waals surface area contributed by atoms with E-state index in [4.69, 9.17) is 10.0 Å². The lowest BCUT2D eigenvalue weighted by molar-refractivity contribution is 0.145. The molecule has 0 radical (unpaired) electrons. The molecule has 0 aliphatic carbocycles. The van der Waals surface area contributed by atoms with E-state index in [1.165, 1.54) is 36.4 Å². The Morgan fingerprint density at radius 3 is 2.45 bits per heavy atom. The molecule has 1 N–H and O–H groups in total. The molecule has 1 aromatic heterocycles. The van der Waals surface area contributed by atoms with E-state index in [9.17, 15) is 5.21 Å². The molecule has 0 saturated carbocycles. The summed E-state index contributed by atoms with van der Waals surface area (Å²) >= 11 is 0. The van der Waals surface area contributed by atoms with Gasteiger partial charge in [0.1, 0.15) is 7.11 Å². The van der Waals surface area contributed by atoms with Gasteiger partial charge in [0.25, 0.3) is 5.36 Å². The maximum atomic E-state index is 10.3. The molecule has 1 rings (SSSR count). The molecule has 0 unspecified atom stereocenters. The quantitative estimate of drug-likeness (QED) is 0.428. The number of pyridine rings is 1. The van der Waals surface area contributed by atoms with Crippen LogP contribution in [-0.2, 0) is 0 Å². The first-order valence-electron chi connectivity index (χ1n) is 2.96. The van der Waals surface area contributed by atoms with Crippen LogP contribution in [0.25, 0.3) is 0 Å². The van der Waals surface area contributed by atoms with Crippen molar-refractivity contribution in [2.45, 2.75) is 0 Å². The lowest BCUT2D eigenvalue weighted by atomic mass is 10.5. The third-order valence-electron chi connectivity index (χ3n) is 1.22. The van der Waals surface area contributed by atoms with Crippen molar-refractivity contribution in [2.75, 3.05) is 7.11 Å². The van der Waals surface area contributed by atoms with Gasteiger partial charge < -0.3 is 10.0 Å². The lowest BCUT2D eigenvalue weighted by Crippen LogP contribution is -2.21. The molecular weight excluding hydrogens is 148 g/mol. The Kier molecular flexibility index (Phi) is 2.00. The van der Waals surface area contributed by atoms with Crippen molar-refractivity contribution in [3.8, 4) is 0 Å². The molecule has 0 spiro atoms. The minimum absolute atomic E-state index is 0.165. The summed E-state index contributed by atoms with van der Waals surface area (Å²) in [4.78, 5) is 4.56. The van der Waals surface area contributed by atoms with E-state index in [0.717, 1.165) is 0 Å². The molecule has 0 fully saturated rings. The Hall–Kier alpha value is -1.65. The highest BCUT2D eigenvalue weighted by Crippen LogP contribution is 1.76. The molecule has 0 aromatic carbocycles. The van der Waals surface area contributed by atoms with Crippen LogP contribution >= 0.6 is 0 Å². The molecule has 0 aliphatic heterocycles. The van der Waals surface area contributed by atoms with E-state index in [1.807, 2.05) is 0 Å². The van der Waals surface area contributed by atoms with Crippen LogP contribution in [0.4, 0.5) is 0 Å². The van der Waals surface area contributed by atoms with Gasteiger partial charge in [-0.15, -0.1) is 0 Å². The molecular formula is C6H8N2O3.